The Balaban J connectivity index is 3.96. The van der Waals surface area contributed by atoms with E-state index in [1.165, 1.54) is 225 Å². The molecule has 90 heavy (non-hydrogen) atoms. The van der Waals surface area contributed by atoms with E-state index < -0.39 is 26.5 Å². The minimum atomic E-state index is -4.40. The second kappa shape index (κ2) is 70.3. The highest BCUT2D eigenvalue weighted by Crippen LogP contribution is 2.43. The van der Waals surface area contributed by atoms with Crippen LogP contribution < -0.4 is 0 Å². The number of carbonyl (C=O) groups excluding carboxylic acids is 2. The van der Waals surface area contributed by atoms with Crippen molar-refractivity contribution in [3.05, 3.63) is 97.2 Å². The number of quaternary nitrogens is 1. The van der Waals surface area contributed by atoms with Crippen molar-refractivity contribution in [2.45, 2.75) is 354 Å². The van der Waals surface area contributed by atoms with Gasteiger partial charge in [0.15, 0.2) is 6.10 Å². The first kappa shape index (κ1) is 86.9. The monoisotopic (exact) mass is 1280 g/mol. The third-order valence-corrected chi connectivity index (χ3v) is 17.6. The van der Waals surface area contributed by atoms with Crippen molar-refractivity contribution >= 4 is 19.8 Å². The maximum absolute atomic E-state index is 12.9. The molecule has 0 aromatic heterocycles. The van der Waals surface area contributed by atoms with Gasteiger partial charge in [0.1, 0.15) is 19.8 Å². The Kier molecular flexibility index (Phi) is 67.9. The van der Waals surface area contributed by atoms with Crippen LogP contribution in [-0.4, -0.2) is 74.9 Å². The first-order valence-corrected chi connectivity index (χ1v) is 39.5. The molecule has 1 N–H and O–H groups in total. The van der Waals surface area contributed by atoms with Crippen LogP contribution in [-0.2, 0) is 32.7 Å². The molecule has 2 atom stereocenters. The van der Waals surface area contributed by atoms with Crippen LogP contribution in [0.5, 0.6) is 0 Å². The zero-order valence-electron chi connectivity index (χ0n) is 59.6. The average Bonchev–Trinajstić information content (AvgIpc) is 3.61. The molecule has 2 unspecified atom stereocenters. The minimum absolute atomic E-state index is 0.0274. The molecular weight excluding hydrogens is 1130 g/mol. The number of rotatable bonds is 70. The first-order valence-electron chi connectivity index (χ1n) is 38.0. The minimum Gasteiger partial charge on any atom is -0.462 e. The van der Waals surface area contributed by atoms with Crippen LogP contribution >= 0.6 is 7.82 Å². The molecule has 0 radical (unpaired) electrons. The Labute approximate surface area is 557 Å². The topological polar surface area (TPSA) is 108 Å². The summed E-state index contributed by atoms with van der Waals surface area (Å²) in [6.45, 7) is 4.34. The molecule has 0 aliphatic rings. The van der Waals surface area contributed by atoms with Crippen LogP contribution in [0.2, 0.25) is 0 Å². The first-order chi connectivity index (χ1) is 44.0. The highest BCUT2D eigenvalue weighted by atomic mass is 31.2. The number of carbonyl (C=O) groups is 2. The number of ether oxygens (including phenoxy) is 2. The number of phosphoric acid groups is 1. The van der Waals surface area contributed by atoms with E-state index in [1.807, 2.05) is 21.1 Å². The number of hydrogen-bond acceptors (Lipinski definition) is 7. The van der Waals surface area contributed by atoms with E-state index in [-0.39, 0.29) is 32.0 Å². The number of phosphoric ester groups is 1. The second-order valence-electron chi connectivity index (χ2n) is 26.7. The standard InChI is InChI=1S/C80H144NO8P/c1-6-8-10-12-14-16-18-20-22-24-26-28-30-32-34-35-36-37-38-39-40-41-42-43-44-45-47-48-50-52-54-56-58-60-62-64-66-68-70-72-79(82)86-76-78(77-88-90(84,85)87-75-74-81(3,4)5)89-80(83)73-71-69-67-65-63-61-59-57-55-53-51-49-46-33-31-29-27-25-23-21-19-17-15-13-11-9-7-2/h9,11,15,17-18,20-21,23-24,26-27,29,33,46,51,53,78H,6-8,10,12-14,16,19,22,25,28,30-32,34-45,47-50,52,54-77H2,1-5H3/p+1/b11-9-,17-15-,20-18-,23-21-,26-24-,29-27-,46-33-,53-51-. The van der Waals surface area contributed by atoms with Crippen molar-refractivity contribution in [2.24, 2.45) is 0 Å². The van der Waals surface area contributed by atoms with Crippen LogP contribution in [0.15, 0.2) is 97.2 Å². The normalized spacial score (nSPS) is 13.6. The SMILES string of the molecule is CC/C=C\C/C=C\C/C=C\C/C=C\C/C=C\C/C=C\CCCCCCCCCCC(=O)OC(COC(=O)CCCCCCCCCCCCCCCCCCCCCCCCCCCCC/C=C\C/C=C\CCCCCCC)COP(=O)(O)OCC[N+](C)(C)C. The lowest BCUT2D eigenvalue weighted by Gasteiger charge is -2.24. The summed E-state index contributed by atoms with van der Waals surface area (Å²) in [5, 5.41) is 0. The van der Waals surface area contributed by atoms with Gasteiger partial charge >= 0.3 is 19.8 Å². The smallest absolute Gasteiger partial charge is 0.462 e. The maximum Gasteiger partial charge on any atom is 0.472 e. The van der Waals surface area contributed by atoms with E-state index in [0.717, 1.165) is 89.9 Å². The Morgan fingerprint density at radius 2 is 0.633 bits per heavy atom. The van der Waals surface area contributed by atoms with E-state index >= 15 is 0 Å². The Morgan fingerprint density at radius 1 is 0.356 bits per heavy atom. The fourth-order valence-electron chi connectivity index (χ4n) is 10.8. The van der Waals surface area contributed by atoms with Crippen LogP contribution in [0.3, 0.4) is 0 Å². The van der Waals surface area contributed by atoms with Crippen molar-refractivity contribution < 1.29 is 42.1 Å². The van der Waals surface area contributed by atoms with Crippen molar-refractivity contribution in [3.63, 3.8) is 0 Å². The molecule has 10 heteroatoms. The van der Waals surface area contributed by atoms with Crippen LogP contribution in [0.4, 0.5) is 0 Å². The predicted molar refractivity (Wildman–Crippen MR) is 390 cm³/mol. The lowest BCUT2D eigenvalue weighted by molar-refractivity contribution is -0.870. The van der Waals surface area contributed by atoms with Gasteiger partial charge in [0.05, 0.1) is 27.7 Å². The van der Waals surface area contributed by atoms with Gasteiger partial charge in [-0.1, -0.05) is 336 Å². The molecule has 0 amide bonds. The molecule has 522 valence electrons. The molecule has 0 aromatic carbocycles. The van der Waals surface area contributed by atoms with E-state index in [0.29, 0.717) is 17.4 Å². The summed E-state index contributed by atoms with van der Waals surface area (Å²) < 4.78 is 34.8. The van der Waals surface area contributed by atoms with E-state index in [4.69, 9.17) is 18.5 Å². The van der Waals surface area contributed by atoms with E-state index in [2.05, 4.69) is 111 Å². The van der Waals surface area contributed by atoms with Crippen LogP contribution in [0, 0.1) is 0 Å². The molecule has 0 aromatic rings. The summed E-state index contributed by atoms with van der Waals surface area (Å²) in [7, 11) is 1.47. The molecule has 0 saturated heterocycles. The Bertz CT molecular complexity index is 1840. The van der Waals surface area contributed by atoms with Gasteiger partial charge in [-0.15, -0.1) is 0 Å². The maximum atomic E-state index is 12.9. The highest BCUT2D eigenvalue weighted by molar-refractivity contribution is 7.47. The Hall–Kier alpha value is -3.07. The quantitative estimate of drug-likeness (QED) is 0.0211. The van der Waals surface area contributed by atoms with E-state index in [1.54, 1.807) is 0 Å². The fourth-order valence-corrected chi connectivity index (χ4v) is 11.6. The number of esters is 2. The highest BCUT2D eigenvalue weighted by Gasteiger charge is 2.27. The summed E-state index contributed by atoms with van der Waals surface area (Å²) in [6.07, 6.45) is 98.3. The van der Waals surface area contributed by atoms with Gasteiger partial charge in [0.25, 0.3) is 0 Å². The second-order valence-corrected chi connectivity index (χ2v) is 28.1. The average molecular weight is 1280 g/mol. The Morgan fingerprint density at radius 3 is 0.944 bits per heavy atom. The van der Waals surface area contributed by atoms with Gasteiger partial charge in [-0.3, -0.25) is 18.6 Å². The molecule has 0 aliphatic carbocycles. The fraction of sp³-hybridized carbons (Fsp3) is 0.775. The lowest BCUT2D eigenvalue weighted by Crippen LogP contribution is -2.37. The molecule has 0 heterocycles. The third kappa shape index (κ3) is 74.0. The molecule has 0 bridgehead atoms. The molecule has 0 spiro atoms. The third-order valence-electron chi connectivity index (χ3n) is 16.6. The molecule has 0 fully saturated rings. The molecule has 0 aliphatic heterocycles. The van der Waals surface area contributed by atoms with Gasteiger partial charge in [-0.05, 0) is 96.3 Å². The summed E-state index contributed by atoms with van der Waals surface area (Å²) in [4.78, 5) is 35.9. The van der Waals surface area contributed by atoms with Crippen molar-refractivity contribution in [1.82, 2.24) is 0 Å². The van der Waals surface area contributed by atoms with Crippen molar-refractivity contribution in [1.29, 1.82) is 0 Å². The summed E-state index contributed by atoms with van der Waals surface area (Å²) in [5.74, 6) is -0.797. The number of likely N-dealkylation sites (N-methyl/N-ethyl adjacent to an activating group) is 1. The summed E-state index contributed by atoms with van der Waals surface area (Å²) in [5.41, 5.74) is 0. The van der Waals surface area contributed by atoms with Gasteiger partial charge in [-0.25, -0.2) is 4.57 Å². The zero-order chi connectivity index (χ0) is 65.5. The zero-order valence-corrected chi connectivity index (χ0v) is 60.5. The van der Waals surface area contributed by atoms with Crippen LogP contribution in [0.1, 0.15) is 348 Å². The number of unbranched alkanes of at least 4 members (excludes halogenated alkanes) is 40. The van der Waals surface area contributed by atoms with Crippen LogP contribution in [0.25, 0.3) is 0 Å². The number of allylic oxidation sites excluding steroid dienone is 16. The molecule has 0 saturated carbocycles. The van der Waals surface area contributed by atoms with Crippen molar-refractivity contribution in [2.75, 3.05) is 47.5 Å². The molecular formula is C80H145NO8P+. The summed E-state index contributed by atoms with van der Waals surface area (Å²) >= 11 is 0. The van der Waals surface area contributed by atoms with Gasteiger partial charge in [-0.2, -0.15) is 0 Å². The number of hydrogen-bond donors (Lipinski definition) is 1. The van der Waals surface area contributed by atoms with Gasteiger partial charge in [0.2, 0.25) is 0 Å². The van der Waals surface area contributed by atoms with Crippen molar-refractivity contribution in [3.8, 4) is 0 Å². The largest absolute Gasteiger partial charge is 0.472 e. The molecule has 9 nitrogen and oxygen atoms in total. The summed E-state index contributed by atoms with van der Waals surface area (Å²) in [6, 6.07) is 0. The molecule has 0 rings (SSSR count). The van der Waals surface area contributed by atoms with Gasteiger partial charge in [0, 0.05) is 12.8 Å². The van der Waals surface area contributed by atoms with E-state index in [9.17, 15) is 19.0 Å². The predicted octanol–water partition coefficient (Wildman–Crippen LogP) is 25.1. The van der Waals surface area contributed by atoms with Gasteiger partial charge < -0.3 is 18.9 Å². The lowest BCUT2D eigenvalue weighted by atomic mass is 10.0. The number of nitrogens with zero attached hydrogens (tertiary/aromatic N) is 1.